The molecule has 0 radical (unpaired) electrons. The Hall–Kier alpha value is -0.530. The van der Waals surface area contributed by atoms with Crippen LogP contribution in [0.2, 0.25) is 0 Å². The lowest BCUT2D eigenvalue weighted by Gasteiger charge is -2.16. The fraction of sp³-hybridized carbons (Fsp3) is 0.833. The highest BCUT2D eigenvalue weighted by Crippen LogP contribution is 2.12. The molecule has 0 aromatic carbocycles. The molecule has 0 unspecified atom stereocenters. The van der Waals surface area contributed by atoms with E-state index in [2.05, 4.69) is 18.9 Å². The van der Waals surface area contributed by atoms with Crippen molar-refractivity contribution in [3.8, 4) is 0 Å². The summed E-state index contributed by atoms with van der Waals surface area (Å²) in [7, 11) is 2.00. The van der Waals surface area contributed by atoms with Gasteiger partial charge in [0.05, 0.1) is 6.04 Å². The molecular weight excluding hydrogens is 100 g/mol. The van der Waals surface area contributed by atoms with Crippen LogP contribution in [-0.4, -0.2) is 24.3 Å². The molecule has 0 aromatic rings. The number of hydrogen-bond donors (Lipinski definition) is 0. The summed E-state index contributed by atoms with van der Waals surface area (Å²) >= 11 is 0. The SMILES string of the molecule is C[C@@H]1C=NN(C)[C@@H]1C. The molecule has 1 heterocycles. The monoisotopic (exact) mass is 112 g/mol. The second kappa shape index (κ2) is 1.77. The van der Waals surface area contributed by atoms with Crippen LogP contribution >= 0.6 is 0 Å². The number of nitrogens with zero attached hydrogens (tertiary/aromatic N) is 2. The molecule has 0 bridgehead atoms. The van der Waals surface area contributed by atoms with Crippen molar-refractivity contribution in [2.75, 3.05) is 7.05 Å². The van der Waals surface area contributed by atoms with E-state index in [1.807, 2.05) is 18.3 Å². The molecular formula is C6H12N2. The van der Waals surface area contributed by atoms with E-state index in [-0.39, 0.29) is 0 Å². The third-order valence-corrected chi connectivity index (χ3v) is 1.83. The van der Waals surface area contributed by atoms with Crippen LogP contribution in [-0.2, 0) is 0 Å². The molecule has 1 aliphatic rings. The Morgan fingerprint density at radius 3 is 2.25 bits per heavy atom. The predicted octanol–water partition coefficient (Wildman–Crippen LogP) is 0.942. The van der Waals surface area contributed by atoms with Crippen LogP contribution in [0.25, 0.3) is 0 Å². The summed E-state index contributed by atoms with van der Waals surface area (Å²) in [5.74, 6) is 0.625. The first kappa shape index (κ1) is 5.60. The first-order valence-electron chi connectivity index (χ1n) is 2.98. The zero-order valence-corrected chi connectivity index (χ0v) is 5.63. The molecule has 8 heavy (non-hydrogen) atoms. The minimum atomic E-state index is 0.593. The third kappa shape index (κ3) is 0.703. The van der Waals surface area contributed by atoms with Crippen LogP contribution in [0.15, 0.2) is 5.10 Å². The summed E-state index contributed by atoms with van der Waals surface area (Å²) in [6, 6.07) is 0.593. The Kier molecular flexibility index (Phi) is 1.24. The smallest absolute Gasteiger partial charge is 0.0514 e. The summed E-state index contributed by atoms with van der Waals surface area (Å²) in [5.41, 5.74) is 0. The van der Waals surface area contributed by atoms with Crippen LogP contribution in [0.1, 0.15) is 13.8 Å². The molecule has 2 nitrogen and oxygen atoms in total. The summed E-state index contributed by atoms with van der Waals surface area (Å²) in [4.78, 5) is 0. The lowest BCUT2D eigenvalue weighted by atomic mass is 10.1. The van der Waals surface area contributed by atoms with Crippen LogP contribution < -0.4 is 0 Å². The van der Waals surface area contributed by atoms with Gasteiger partial charge in [-0.15, -0.1) is 0 Å². The second-order valence-corrected chi connectivity index (χ2v) is 2.44. The van der Waals surface area contributed by atoms with E-state index in [4.69, 9.17) is 0 Å². The van der Waals surface area contributed by atoms with Crippen LogP contribution in [0.3, 0.4) is 0 Å². The van der Waals surface area contributed by atoms with Gasteiger partial charge in [-0.1, -0.05) is 6.92 Å². The van der Waals surface area contributed by atoms with Gasteiger partial charge >= 0.3 is 0 Å². The summed E-state index contributed by atoms with van der Waals surface area (Å²) in [6.45, 7) is 4.36. The maximum Gasteiger partial charge on any atom is 0.0514 e. The Balaban J connectivity index is 2.55. The highest BCUT2D eigenvalue weighted by atomic mass is 15.5. The zero-order chi connectivity index (χ0) is 6.15. The molecule has 0 amide bonds. The van der Waals surface area contributed by atoms with Gasteiger partial charge in [0.1, 0.15) is 0 Å². The zero-order valence-electron chi connectivity index (χ0n) is 5.63. The highest BCUT2D eigenvalue weighted by Gasteiger charge is 2.18. The van der Waals surface area contributed by atoms with Crippen molar-refractivity contribution < 1.29 is 0 Å². The molecule has 0 aliphatic carbocycles. The first-order chi connectivity index (χ1) is 3.72. The normalized spacial score (nSPS) is 36.6. The fourth-order valence-electron chi connectivity index (χ4n) is 0.780. The molecule has 0 aromatic heterocycles. The molecule has 2 heteroatoms. The molecule has 2 atom stereocenters. The van der Waals surface area contributed by atoms with Crippen LogP contribution in [0, 0.1) is 5.92 Å². The van der Waals surface area contributed by atoms with Crippen molar-refractivity contribution in [1.82, 2.24) is 5.01 Å². The standard InChI is InChI=1S/C6H12N2/c1-5-4-7-8(3)6(5)2/h4-6H,1-3H3/t5-,6-/m1/s1. The van der Waals surface area contributed by atoms with Crippen LogP contribution in [0.5, 0.6) is 0 Å². The van der Waals surface area contributed by atoms with Crippen molar-refractivity contribution in [3.63, 3.8) is 0 Å². The van der Waals surface area contributed by atoms with E-state index in [9.17, 15) is 0 Å². The molecule has 1 aliphatic heterocycles. The lowest BCUT2D eigenvalue weighted by molar-refractivity contribution is 0.272. The topological polar surface area (TPSA) is 15.6 Å². The van der Waals surface area contributed by atoms with Gasteiger partial charge in [-0.3, -0.25) is 5.01 Å². The fourth-order valence-corrected chi connectivity index (χ4v) is 0.780. The summed E-state index contributed by atoms with van der Waals surface area (Å²) in [6.07, 6.45) is 1.99. The van der Waals surface area contributed by atoms with Gasteiger partial charge in [0.25, 0.3) is 0 Å². The van der Waals surface area contributed by atoms with Crippen LogP contribution in [0.4, 0.5) is 0 Å². The van der Waals surface area contributed by atoms with Crippen molar-refractivity contribution >= 4 is 6.21 Å². The average Bonchev–Trinajstić information content (AvgIpc) is 1.98. The van der Waals surface area contributed by atoms with Gasteiger partial charge < -0.3 is 0 Å². The first-order valence-corrected chi connectivity index (χ1v) is 2.98. The summed E-state index contributed by atoms with van der Waals surface area (Å²) < 4.78 is 0. The van der Waals surface area contributed by atoms with E-state index in [1.165, 1.54) is 0 Å². The van der Waals surface area contributed by atoms with E-state index in [0.717, 1.165) is 0 Å². The maximum absolute atomic E-state index is 4.11. The Labute approximate surface area is 50.2 Å². The third-order valence-electron chi connectivity index (χ3n) is 1.83. The Morgan fingerprint density at radius 1 is 1.50 bits per heavy atom. The van der Waals surface area contributed by atoms with Crippen molar-refractivity contribution in [3.05, 3.63) is 0 Å². The van der Waals surface area contributed by atoms with Gasteiger partial charge in [0.15, 0.2) is 0 Å². The summed E-state index contributed by atoms with van der Waals surface area (Å²) in [5, 5.41) is 6.10. The minimum absolute atomic E-state index is 0.593. The van der Waals surface area contributed by atoms with E-state index in [0.29, 0.717) is 12.0 Å². The molecule has 0 spiro atoms. The lowest BCUT2D eigenvalue weighted by Crippen LogP contribution is -2.23. The van der Waals surface area contributed by atoms with Gasteiger partial charge in [0.2, 0.25) is 0 Å². The van der Waals surface area contributed by atoms with Gasteiger partial charge in [-0.25, -0.2) is 0 Å². The van der Waals surface area contributed by atoms with Crippen molar-refractivity contribution in [2.45, 2.75) is 19.9 Å². The molecule has 1 rings (SSSR count). The quantitative estimate of drug-likeness (QED) is 0.455. The van der Waals surface area contributed by atoms with Gasteiger partial charge in [0, 0.05) is 19.2 Å². The van der Waals surface area contributed by atoms with Crippen molar-refractivity contribution in [1.29, 1.82) is 0 Å². The number of hydrogen-bond acceptors (Lipinski definition) is 2. The predicted molar refractivity (Wildman–Crippen MR) is 34.9 cm³/mol. The minimum Gasteiger partial charge on any atom is -0.297 e. The highest BCUT2D eigenvalue weighted by molar-refractivity contribution is 5.62. The van der Waals surface area contributed by atoms with Gasteiger partial charge in [-0.05, 0) is 6.92 Å². The Bertz CT molecular complexity index is 97.1. The molecule has 0 saturated carbocycles. The average molecular weight is 112 g/mol. The maximum atomic E-state index is 4.11. The number of hydrazone groups is 1. The Morgan fingerprint density at radius 2 is 2.12 bits per heavy atom. The molecule has 0 N–H and O–H groups in total. The van der Waals surface area contributed by atoms with E-state index >= 15 is 0 Å². The van der Waals surface area contributed by atoms with E-state index in [1.54, 1.807) is 0 Å². The van der Waals surface area contributed by atoms with Crippen molar-refractivity contribution in [2.24, 2.45) is 11.0 Å². The molecule has 0 fully saturated rings. The molecule has 46 valence electrons. The second-order valence-electron chi connectivity index (χ2n) is 2.44. The largest absolute Gasteiger partial charge is 0.297 e. The van der Waals surface area contributed by atoms with E-state index < -0.39 is 0 Å². The van der Waals surface area contributed by atoms with Gasteiger partial charge in [-0.2, -0.15) is 5.10 Å². The number of rotatable bonds is 0. The molecule has 0 saturated heterocycles.